The molecule has 1 fully saturated rings. The fourth-order valence-corrected chi connectivity index (χ4v) is 2.54. The molecule has 0 bridgehead atoms. The zero-order valence-electron chi connectivity index (χ0n) is 10.8. The third kappa shape index (κ3) is 2.12. The average Bonchev–Trinajstić information content (AvgIpc) is 3.11. The van der Waals surface area contributed by atoms with Crippen LogP contribution in [0.3, 0.4) is 0 Å². The Hall–Kier alpha value is -1.42. The first-order chi connectivity index (χ1) is 8.79. The lowest BCUT2D eigenvalue weighted by Gasteiger charge is -2.11. The number of imidazole rings is 1. The molecule has 0 amide bonds. The standard InChI is InChI=1S/C14H20N4/c1-2-4-10(15)9-13-17-12-5-3-8-16-14(12)18(13)11-6-7-11/h3,5,8,10-11H,2,4,6-7,9,15H2,1H3. The predicted molar refractivity (Wildman–Crippen MR) is 72.4 cm³/mol. The van der Waals surface area contributed by atoms with Crippen LogP contribution >= 0.6 is 0 Å². The molecule has 0 aliphatic heterocycles. The number of pyridine rings is 1. The first-order valence-corrected chi connectivity index (χ1v) is 6.87. The molecule has 3 rings (SSSR count). The molecule has 2 aromatic rings. The largest absolute Gasteiger partial charge is 0.327 e. The van der Waals surface area contributed by atoms with E-state index >= 15 is 0 Å². The summed E-state index contributed by atoms with van der Waals surface area (Å²) in [6.07, 6.45) is 7.39. The van der Waals surface area contributed by atoms with Gasteiger partial charge in [0.15, 0.2) is 5.65 Å². The number of fused-ring (bicyclic) bond motifs is 1. The molecule has 0 radical (unpaired) electrons. The van der Waals surface area contributed by atoms with Crippen molar-refractivity contribution < 1.29 is 0 Å². The third-order valence-electron chi connectivity index (χ3n) is 3.54. The Labute approximate surface area is 107 Å². The van der Waals surface area contributed by atoms with Crippen LogP contribution in [0.25, 0.3) is 11.2 Å². The summed E-state index contributed by atoms with van der Waals surface area (Å²) in [5, 5.41) is 0. The lowest BCUT2D eigenvalue weighted by Crippen LogP contribution is -2.24. The van der Waals surface area contributed by atoms with E-state index in [1.165, 1.54) is 12.8 Å². The Morgan fingerprint density at radius 1 is 1.50 bits per heavy atom. The summed E-state index contributed by atoms with van der Waals surface area (Å²) in [7, 11) is 0. The van der Waals surface area contributed by atoms with Gasteiger partial charge in [-0.2, -0.15) is 0 Å². The van der Waals surface area contributed by atoms with E-state index in [0.29, 0.717) is 6.04 Å². The van der Waals surface area contributed by atoms with Gasteiger partial charge in [0, 0.05) is 24.7 Å². The number of nitrogens with two attached hydrogens (primary N) is 1. The van der Waals surface area contributed by atoms with E-state index in [2.05, 4.69) is 16.5 Å². The molecule has 1 atom stereocenters. The Morgan fingerprint density at radius 2 is 2.33 bits per heavy atom. The molecule has 1 unspecified atom stereocenters. The highest BCUT2D eigenvalue weighted by Crippen LogP contribution is 2.38. The fraction of sp³-hybridized carbons (Fsp3) is 0.571. The normalized spacial score (nSPS) is 17.2. The molecule has 2 heterocycles. The van der Waals surface area contributed by atoms with Gasteiger partial charge >= 0.3 is 0 Å². The highest BCUT2D eigenvalue weighted by Gasteiger charge is 2.29. The zero-order valence-corrected chi connectivity index (χ0v) is 10.8. The lowest BCUT2D eigenvalue weighted by molar-refractivity contribution is 0.563. The Balaban J connectivity index is 1.97. The first kappa shape index (κ1) is 11.7. The van der Waals surface area contributed by atoms with Gasteiger partial charge in [0.05, 0.1) is 0 Å². The molecule has 18 heavy (non-hydrogen) atoms. The van der Waals surface area contributed by atoms with Crippen molar-refractivity contribution in [1.29, 1.82) is 0 Å². The first-order valence-electron chi connectivity index (χ1n) is 6.87. The van der Waals surface area contributed by atoms with Gasteiger partial charge in [-0.15, -0.1) is 0 Å². The molecule has 1 aliphatic carbocycles. The van der Waals surface area contributed by atoms with Crippen molar-refractivity contribution in [2.75, 3.05) is 0 Å². The SMILES string of the molecule is CCCC(N)Cc1nc2cccnc2n1C1CC1. The Morgan fingerprint density at radius 3 is 3.06 bits per heavy atom. The number of hydrogen-bond donors (Lipinski definition) is 1. The molecule has 0 spiro atoms. The van der Waals surface area contributed by atoms with Crippen molar-refractivity contribution in [3.8, 4) is 0 Å². The molecule has 1 aliphatic rings. The monoisotopic (exact) mass is 244 g/mol. The number of rotatable bonds is 5. The lowest BCUT2D eigenvalue weighted by atomic mass is 10.1. The minimum absolute atomic E-state index is 0.212. The third-order valence-corrected chi connectivity index (χ3v) is 3.54. The molecular formula is C14H20N4. The van der Waals surface area contributed by atoms with Crippen LogP contribution in [0.15, 0.2) is 18.3 Å². The van der Waals surface area contributed by atoms with E-state index < -0.39 is 0 Å². The second kappa shape index (κ2) is 4.69. The maximum absolute atomic E-state index is 6.15. The number of hydrogen-bond acceptors (Lipinski definition) is 3. The molecule has 4 nitrogen and oxygen atoms in total. The van der Waals surface area contributed by atoms with Gasteiger partial charge in [0.25, 0.3) is 0 Å². The fourth-order valence-electron chi connectivity index (χ4n) is 2.54. The molecule has 0 aromatic carbocycles. The van der Waals surface area contributed by atoms with E-state index in [1.807, 2.05) is 18.3 Å². The highest BCUT2D eigenvalue weighted by molar-refractivity contribution is 5.71. The maximum Gasteiger partial charge on any atom is 0.160 e. The smallest absolute Gasteiger partial charge is 0.160 e. The van der Waals surface area contributed by atoms with Crippen LogP contribution in [0.4, 0.5) is 0 Å². The van der Waals surface area contributed by atoms with Crippen molar-refractivity contribution in [3.05, 3.63) is 24.2 Å². The van der Waals surface area contributed by atoms with Crippen molar-refractivity contribution in [1.82, 2.24) is 14.5 Å². The Kier molecular flexibility index (Phi) is 3.04. The van der Waals surface area contributed by atoms with Gasteiger partial charge in [-0.05, 0) is 31.4 Å². The molecule has 2 N–H and O–H groups in total. The predicted octanol–water partition coefficient (Wildman–Crippen LogP) is 2.44. The quantitative estimate of drug-likeness (QED) is 0.878. The van der Waals surface area contributed by atoms with Crippen molar-refractivity contribution >= 4 is 11.2 Å². The van der Waals surface area contributed by atoms with Crippen LogP contribution in [-0.4, -0.2) is 20.6 Å². The molecule has 2 aromatic heterocycles. The van der Waals surface area contributed by atoms with E-state index in [1.54, 1.807) is 0 Å². The molecule has 0 saturated heterocycles. The summed E-state index contributed by atoms with van der Waals surface area (Å²) in [6, 6.07) is 4.80. The minimum Gasteiger partial charge on any atom is -0.327 e. The van der Waals surface area contributed by atoms with Crippen molar-refractivity contribution in [3.63, 3.8) is 0 Å². The minimum atomic E-state index is 0.212. The van der Waals surface area contributed by atoms with Crippen LogP contribution in [0.5, 0.6) is 0 Å². The van der Waals surface area contributed by atoms with Crippen molar-refractivity contribution in [2.45, 2.75) is 51.1 Å². The second-order valence-corrected chi connectivity index (χ2v) is 5.23. The second-order valence-electron chi connectivity index (χ2n) is 5.23. The average molecular weight is 244 g/mol. The van der Waals surface area contributed by atoms with Gasteiger partial charge in [0.2, 0.25) is 0 Å². The van der Waals surface area contributed by atoms with Crippen LogP contribution in [0.2, 0.25) is 0 Å². The van der Waals surface area contributed by atoms with E-state index in [-0.39, 0.29) is 6.04 Å². The Bertz CT molecular complexity index is 542. The topological polar surface area (TPSA) is 56.7 Å². The van der Waals surface area contributed by atoms with Crippen molar-refractivity contribution in [2.24, 2.45) is 5.73 Å². The molecule has 96 valence electrons. The van der Waals surface area contributed by atoms with Crippen LogP contribution in [0, 0.1) is 0 Å². The van der Waals surface area contributed by atoms with Gasteiger partial charge in [-0.25, -0.2) is 9.97 Å². The van der Waals surface area contributed by atoms with Gasteiger partial charge in [-0.3, -0.25) is 0 Å². The highest BCUT2D eigenvalue weighted by atomic mass is 15.2. The van der Waals surface area contributed by atoms with Crippen LogP contribution in [-0.2, 0) is 6.42 Å². The van der Waals surface area contributed by atoms with E-state index in [0.717, 1.165) is 36.3 Å². The summed E-state index contributed by atoms with van der Waals surface area (Å²) in [5.74, 6) is 1.12. The number of nitrogens with zero attached hydrogens (tertiary/aromatic N) is 3. The van der Waals surface area contributed by atoms with E-state index in [4.69, 9.17) is 10.7 Å². The summed E-state index contributed by atoms with van der Waals surface area (Å²) >= 11 is 0. The summed E-state index contributed by atoms with van der Waals surface area (Å²) in [6.45, 7) is 2.17. The van der Waals surface area contributed by atoms with Crippen LogP contribution in [0.1, 0.15) is 44.5 Å². The summed E-state index contributed by atoms with van der Waals surface area (Å²) in [4.78, 5) is 9.19. The zero-order chi connectivity index (χ0) is 12.5. The summed E-state index contributed by atoms with van der Waals surface area (Å²) < 4.78 is 2.31. The van der Waals surface area contributed by atoms with Gasteiger partial charge in [0.1, 0.15) is 11.3 Å². The van der Waals surface area contributed by atoms with Gasteiger partial charge in [-0.1, -0.05) is 13.3 Å². The van der Waals surface area contributed by atoms with Gasteiger partial charge < -0.3 is 10.3 Å². The summed E-state index contributed by atoms with van der Waals surface area (Å²) in [5.41, 5.74) is 8.18. The maximum atomic E-state index is 6.15. The van der Waals surface area contributed by atoms with Crippen LogP contribution < -0.4 is 5.73 Å². The molecule has 4 heteroatoms. The molecule has 1 saturated carbocycles. The molecular weight excluding hydrogens is 224 g/mol. The number of aromatic nitrogens is 3. The van der Waals surface area contributed by atoms with E-state index in [9.17, 15) is 0 Å².